The Labute approximate surface area is 108 Å². The largest absolute Gasteiger partial charge is 0.352 e. The van der Waals surface area contributed by atoms with Crippen molar-refractivity contribution in [2.45, 2.75) is 31.7 Å². The number of nitrogens with one attached hydrogen (secondary N) is 1. The van der Waals surface area contributed by atoms with Crippen LogP contribution in [0.1, 0.15) is 36.2 Å². The van der Waals surface area contributed by atoms with Crippen LogP contribution in [0.2, 0.25) is 0 Å². The molecule has 2 heterocycles. The second-order valence-electron chi connectivity index (χ2n) is 4.74. The number of aromatic nitrogens is 5. The molecule has 1 fully saturated rings. The van der Waals surface area contributed by atoms with Gasteiger partial charge in [-0.25, -0.2) is 14.2 Å². The van der Waals surface area contributed by atoms with E-state index in [4.69, 9.17) is 0 Å². The number of fused-ring (bicyclic) bond motifs is 1. The summed E-state index contributed by atoms with van der Waals surface area (Å²) in [6.45, 7) is 0. The zero-order valence-corrected chi connectivity index (χ0v) is 10.5. The summed E-state index contributed by atoms with van der Waals surface area (Å²) in [5.74, 6) is -0.294. The van der Waals surface area contributed by atoms with Gasteiger partial charge in [0.15, 0.2) is 11.3 Å². The number of hydrogen-bond acceptors (Lipinski definition) is 5. The number of nitrogens with zero attached hydrogens (tertiary/aromatic N) is 5. The van der Waals surface area contributed by atoms with Crippen molar-refractivity contribution in [3.63, 3.8) is 0 Å². The van der Waals surface area contributed by atoms with Crippen molar-refractivity contribution in [2.75, 3.05) is 0 Å². The number of carbonyl (C=O) groups excluding carboxylic acids is 1. The van der Waals surface area contributed by atoms with Crippen LogP contribution < -0.4 is 11.0 Å². The average Bonchev–Trinajstić information content (AvgIpc) is 3.02. The Bertz CT molecular complexity index is 682. The molecule has 8 nitrogen and oxygen atoms in total. The average molecular weight is 262 g/mol. The molecule has 1 aliphatic rings. The summed E-state index contributed by atoms with van der Waals surface area (Å²) in [7, 11) is 1.49. The standard InChI is InChI=1S/C11H14N6O2/c1-16-11(19)17-6-12-8(9(17)14-15-16)10(18)13-7-4-2-3-5-7/h6-7H,2-5H2,1H3,(H,13,18). The molecule has 0 radical (unpaired) electrons. The van der Waals surface area contributed by atoms with Gasteiger partial charge < -0.3 is 5.32 Å². The summed E-state index contributed by atoms with van der Waals surface area (Å²) in [6, 6.07) is 0.198. The molecule has 0 spiro atoms. The summed E-state index contributed by atoms with van der Waals surface area (Å²) in [5.41, 5.74) is -0.0342. The fraction of sp³-hybridized carbons (Fsp3) is 0.545. The minimum absolute atomic E-state index is 0.150. The van der Waals surface area contributed by atoms with Gasteiger partial charge in [-0.3, -0.25) is 4.79 Å². The highest BCUT2D eigenvalue weighted by Crippen LogP contribution is 2.18. The number of carbonyl (C=O) groups is 1. The van der Waals surface area contributed by atoms with E-state index in [2.05, 4.69) is 20.6 Å². The fourth-order valence-electron chi connectivity index (χ4n) is 2.37. The Hall–Kier alpha value is -2.25. The van der Waals surface area contributed by atoms with Gasteiger partial charge in [0.2, 0.25) is 0 Å². The van der Waals surface area contributed by atoms with Crippen molar-refractivity contribution >= 4 is 11.6 Å². The predicted octanol–water partition coefficient (Wildman–Crippen LogP) is -0.505. The number of rotatable bonds is 2. The molecule has 2 aromatic heterocycles. The molecular formula is C11H14N6O2. The first kappa shape index (κ1) is 11.8. The van der Waals surface area contributed by atoms with Crippen LogP contribution in [0.5, 0.6) is 0 Å². The van der Waals surface area contributed by atoms with E-state index < -0.39 is 0 Å². The Kier molecular flexibility index (Phi) is 2.77. The maximum atomic E-state index is 12.1. The zero-order valence-electron chi connectivity index (χ0n) is 10.5. The summed E-state index contributed by atoms with van der Waals surface area (Å²) in [5, 5.41) is 10.4. The third-order valence-corrected chi connectivity index (χ3v) is 3.40. The molecule has 0 bridgehead atoms. The van der Waals surface area contributed by atoms with E-state index in [9.17, 15) is 9.59 Å². The maximum absolute atomic E-state index is 12.1. The van der Waals surface area contributed by atoms with E-state index in [0.29, 0.717) is 0 Å². The van der Waals surface area contributed by atoms with Gasteiger partial charge in [-0.05, 0) is 12.8 Å². The molecule has 0 saturated heterocycles. The van der Waals surface area contributed by atoms with Gasteiger partial charge in [0, 0.05) is 13.1 Å². The van der Waals surface area contributed by atoms with Crippen LogP contribution in [0.4, 0.5) is 0 Å². The summed E-state index contributed by atoms with van der Waals surface area (Å²) in [6.07, 6.45) is 5.55. The molecule has 0 atom stereocenters. The van der Waals surface area contributed by atoms with E-state index in [1.807, 2.05) is 0 Å². The van der Waals surface area contributed by atoms with Gasteiger partial charge in [-0.1, -0.05) is 18.1 Å². The molecule has 19 heavy (non-hydrogen) atoms. The quantitative estimate of drug-likeness (QED) is 0.787. The second kappa shape index (κ2) is 4.45. The highest BCUT2D eigenvalue weighted by atomic mass is 16.2. The molecule has 3 rings (SSSR count). The van der Waals surface area contributed by atoms with Gasteiger partial charge in [-0.2, -0.15) is 4.68 Å². The van der Waals surface area contributed by atoms with Gasteiger partial charge in [0.25, 0.3) is 5.91 Å². The number of hydrogen-bond donors (Lipinski definition) is 1. The molecular weight excluding hydrogens is 248 g/mol. The van der Waals surface area contributed by atoms with Crippen molar-refractivity contribution in [3.05, 3.63) is 22.5 Å². The van der Waals surface area contributed by atoms with Gasteiger partial charge in [0.1, 0.15) is 6.33 Å². The lowest BCUT2D eigenvalue weighted by molar-refractivity contribution is 0.0934. The first-order valence-corrected chi connectivity index (χ1v) is 6.25. The molecule has 100 valence electrons. The molecule has 0 unspecified atom stereocenters. The highest BCUT2D eigenvalue weighted by molar-refractivity contribution is 5.97. The van der Waals surface area contributed by atoms with E-state index in [0.717, 1.165) is 30.4 Å². The normalized spacial score (nSPS) is 16.1. The third-order valence-electron chi connectivity index (χ3n) is 3.40. The van der Waals surface area contributed by atoms with Crippen LogP contribution in [-0.4, -0.2) is 36.3 Å². The predicted molar refractivity (Wildman–Crippen MR) is 65.7 cm³/mol. The SMILES string of the molecule is Cn1nnc2c(C(=O)NC3CCCC3)ncn2c1=O. The lowest BCUT2D eigenvalue weighted by Gasteiger charge is -2.10. The molecule has 0 aliphatic heterocycles. The number of amides is 1. The van der Waals surface area contributed by atoms with Gasteiger partial charge >= 0.3 is 5.69 Å². The summed E-state index contributed by atoms with van der Waals surface area (Å²) >= 11 is 0. The molecule has 1 aliphatic carbocycles. The van der Waals surface area contributed by atoms with Crippen molar-refractivity contribution in [1.29, 1.82) is 0 Å². The fourth-order valence-corrected chi connectivity index (χ4v) is 2.37. The van der Waals surface area contributed by atoms with Crippen molar-refractivity contribution in [1.82, 2.24) is 29.7 Å². The molecule has 8 heteroatoms. The first-order valence-electron chi connectivity index (χ1n) is 6.25. The van der Waals surface area contributed by atoms with Crippen LogP contribution in [-0.2, 0) is 7.05 Å². The van der Waals surface area contributed by atoms with Crippen molar-refractivity contribution in [2.24, 2.45) is 7.05 Å². The Balaban J connectivity index is 1.94. The van der Waals surface area contributed by atoms with Gasteiger partial charge in [-0.15, -0.1) is 5.10 Å². The van der Waals surface area contributed by atoms with E-state index >= 15 is 0 Å². The second-order valence-corrected chi connectivity index (χ2v) is 4.74. The van der Waals surface area contributed by atoms with Crippen LogP contribution in [0, 0.1) is 0 Å². The Morgan fingerprint density at radius 1 is 1.42 bits per heavy atom. The van der Waals surface area contributed by atoms with Crippen molar-refractivity contribution < 1.29 is 4.79 Å². The topological polar surface area (TPSA) is 94.2 Å². The highest BCUT2D eigenvalue weighted by Gasteiger charge is 2.22. The van der Waals surface area contributed by atoms with Crippen LogP contribution in [0.25, 0.3) is 5.65 Å². The molecule has 1 amide bonds. The lowest BCUT2D eigenvalue weighted by atomic mass is 10.2. The molecule has 0 aromatic carbocycles. The zero-order chi connectivity index (χ0) is 13.4. The Morgan fingerprint density at radius 3 is 2.89 bits per heavy atom. The minimum atomic E-state index is -0.377. The molecule has 2 aromatic rings. The van der Waals surface area contributed by atoms with E-state index in [1.54, 1.807) is 0 Å². The lowest BCUT2D eigenvalue weighted by Crippen LogP contribution is -2.33. The number of aryl methyl sites for hydroxylation is 1. The minimum Gasteiger partial charge on any atom is -0.348 e. The smallest absolute Gasteiger partial charge is 0.348 e. The van der Waals surface area contributed by atoms with Crippen LogP contribution >= 0.6 is 0 Å². The van der Waals surface area contributed by atoms with E-state index in [-0.39, 0.29) is 29.0 Å². The van der Waals surface area contributed by atoms with Crippen LogP contribution in [0.3, 0.4) is 0 Å². The summed E-state index contributed by atoms with van der Waals surface area (Å²) in [4.78, 5) is 27.8. The monoisotopic (exact) mass is 262 g/mol. The molecule has 1 N–H and O–H groups in total. The van der Waals surface area contributed by atoms with E-state index in [1.165, 1.54) is 17.8 Å². The molecule has 1 saturated carbocycles. The van der Waals surface area contributed by atoms with Crippen LogP contribution in [0.15, 0.2) is 11.1 Å². The Morgan fingerprint density at radius 2 is 2.16 bits per heavy atom. The van der Waals surface area contributed by atoms with Crippen molar-refractivity contribution in [3.8, 4) is 0 Å². The van der Waals surface area contributed by atoms with Gasteiger partial charge in [0.05, 0.1) is 0 Å². The first-order chi connectivity index (χ1) is 9.16. The number of imidazole rings is 1. The summed E-state index contributed by atoms with van der Waals surface area (Å²) < 4.78 is 2.31. The maximum Gasteiger partial charge on any atom is 0.352 e. The third kappa shape index (κ3) is 1.98.